The van der Waals surface area contributed by atoms with Gasteiger partial charge in [0, 0.05) is 18.1 Å². The van der Waals surface area contributed by atoms with Crippen molar-refractivity contribution in [1.29, 1.82) is 0 Å². The minimum Gasteiger partial charge on any atom is -0.310 e. The van der Waals surface area contributed by atoms with E-state index in [1.807, 2.05) is 0 Å². The molecule has 1 atom stereocenters. The smallest absolute Gasteiger partial charge is 0.0308 e. The molecule has 0 aromatic heterocycles. The first-order valence-corrected chi connectivity index (χ1v) is 8.30. The van der Waals surface area contributed by atoms with E-state index in [-0.39, 0.29) is 0 Å². The molecule has 2 aliphatic rings. The van der Waals surface area contributed by atoms with Crippen LogP contribution in [0.15, 0.2) is 30.3 Å². The molecule has 1 heterocycles. The second-order valence-corrected chi connectivity index (χ2v) is 6.78. The van der Waals surface area contributed by atoms with E-state index in [0.717, 1.165) is 0 Å². The van der Waals surface area contributed by atoms with Crippen molar-refractivity contribution in [2.75, 3.05) is 19.6 Å². The van der Waals surface area contributed by atoms with E-state index < -0.39 is 0 Å². The number of hydrogen-bond donors (Lipinski definition) is 1. The number of hydrogen-bond acceptors (Lipinski definition) is 2. The highest BCUT2D eigenvalue weighted by Gasteiger charge is 2.37. The van der Waals surface area contributed by atoms with E-state index in [1.165, 1.54) is 63.7 Å². The lowest BCUT2D eigenvalue weighted by molar-refractivity contribution is 0.164. The van der Waals surface area contributed by atoms with Crippen molar-refractivity contribution in [3.05, 3.63) is 35.9 Å². The Morgan fingerprint density at radius 2 is 1.90 bits per heavy atom. The molecule has 2 heteroatoms. The fraction of sp³-hybridized carbons (Fsp3) is 0.667. The molecule has 0 bridgehead atoms. The molecule has 1 N–H and O–H groups in total. The average molecular weight is 272 g/mol. The predicted molar refractivity (Wildman–Crippen MR) is 85.0 cm³/mol. The van der Waals surface area contributed by atoms with Crippen molar-refractivity contribution >= 4 is 0 Å². The summed E-state index contributed by atoms with van der Waals surface area (Å²) in [5, 5.41) is 3.86. The third kappa shape index (κ3) is 3.24. The largest absolute Gasteiger partial charge is 0.310 e. The minimum atomic E-state index is 0.432. The highest BCUT2D eigenvalue weighted by Crippen LogP contribution is 2.32. The van der Waals surface area contributed by atoms with Gasteiger partial charge in [0.15, 0.2) is 0 Å². The predicted octanol–water partition coefficient (Wildman–Crippen LogP) is 3.23. The Morgan fingerprint density at radius 3 is 2.65 bits per heavy atom. The van der Waals surface area contributed by atoms with Gasteiger partial charge in [-0.3, -0.25) is 4.90 Å². The highest BCUT2D eigenvalue weighted by molar-refractivity contribution is 5.16. The van der Waals surface area contributed by atoms with Gasteiger partial charge in [0.05, 0.1) is 0 Å². The molecule has 3 rings (SSSR count). The van der Waals surface area contributed by atoms with Crippen molar-refractivity contribution in [1.82, 2.24) is 10.2 Å². The van der Waals surface area contributed by atoms with Gasteiger partial charge in [0.1, 0.15) is 0 Å². The standard InChI is InChI=1S/C18H28N2/c1-16(14-17-8-3-2-4-9-17)20-13-7-12-19-18(15-20)10-5-6-11-18/h2-4,8-9,16,19H,5-7,10-15H2,1H3. The molecule has 1 unspecified atom stereocenters. The SMILES string of the molecule is CC(Cc1ccccc1)N1CCCNC2(CCCC2)C1. The van der Waals surface area contributed by atoms with Crippen LogP contribution < -0.4 is 5.32 Å². The van der Waals surface area contributed by atoms with Crippen LogP contribution in [0.25, 0.3) is 0 Å². The van der Waals surface area contributed by atoms with Crippen LogP contribution in [0.1, 0.15) is 44.6 Å². The minimum absolute atomic E-state index is 0.432. The maximum absolute atomic E-state index is 3.86. The Labute approximate surface area is 123 Å². The van der Waals surface area contributed by atoms with Gasteiger partial charge in [-0.2, -0.15) is 0 Å². The Kier molecular flexibility index (Phi) is 4.42. The summed E-state index contributed by atoms with van der Waals surface area (Å²) in [4.78, 5) is 2.73. The first-order chi connectivity index (χ1) is 9.77. The van der Waals surface area contributed by atoms with Crippen molar-refractivity contribution < 1.29 is 0 Å². The second-order valence-electron chi connectivity index (χ2n) is 6.78. The highest BCUT2D eigenvalue weighted by atomic mass is 15.2. The van der Waals surface area contributed by atoms with E-state index in [4.69, 9.17) is 0 Å². The van der Waals surface area contributed by atoms with Crippen molar-refractivity contribution in [3.63, 3.8) is 0 Å². The first-order valence-electron chi connectivity index (χ1n) is 8.30. The summed E-state index contributed by atoms with van der Waals surface area (Å²) in [6.45, 7) is 6.11. The summed E-state index contributed by atoms with van der Waals surface area (Å²) < 4.78 is 0. The van der Waals surface area contributed by atoms with E-state index in [0.29, 0.717) is 11.6 Å². The topological polar surface area (TPSA) is 15.3 Å². The lowest BCUT2D eigenvalue weighted by Crippen LogP contribution is -2.51. The Hall–Kier alpha value is -0.860. The van der Waals surface area contributed by atoms with Gasteiger partial charge in [-0.15, -0.1) is 0 Å². The fourth-order valence-electron chi connectivity index (χ4n) is 4.01. The summed E-state index contributed by atoms with van der Waals surface area (Å²) in [7, 11) is 0. The summed E-state index contributed by atoms with van der Waals surface area (Å²) >= 11 is 0. The van der Waals surface area contributed by atoms with E-state index in [9.17, 15) is 0 Å². The van der Waals surface area contributed by atoms with Crippen LogP contribution in [0.4, 0.5) is 0 Å². The molecule has 0 amide bonds. The molecule has 1 saturated heterocycles. The molecule has 1 aliphatic carbocycles. The maximum Gasteiger partial charge on any atom is 0.0308 e. The van der Waals surface area contributed by atoms with Crippen LogP contribution in [0.3, 0.4) is 0 Å². The van der Waals surface area contributed by atoms with Crippen LogP contribution in [0, 0.1) is 0 Å². The van der Waals surface area contributed by atoms with E-state index in [1.54, 1.807) is 0 Å². The summed E-state index contributed by atoms with van der Waals surface area (Å²) in [5.74, 6) is 0. The number of nitrogens with zero attached hydrogens (tertiary/aromatic N) is 1. The lowest BCUT2D eigenvalue weighted by Gasteiger charge is -2.36. The molecule has 1 aromatic rings. The van der Waals surface area contributed by atoms with Gasteiger partial charge in [-0.05, 0) is 51.3 Å². The monoisotopic (exact) mass is 272 g/mol. The van der Waals surface area contributed by atoms with Gasteiger partial charge < -0.3 is 5.32 Å². The molecule has 1 aliphatic heterocycles. The van der Waals surface area contributed by atoms with Gasteiger partial charge in [-0.1, -0.05) is 43.2 Å². The molecular weight excluding hydrogens is 244 g/mol. The van der Waals surface area contributed by atoms with Crippen LogP contribution in [0.2, 0.25) is 0 Å². The number of rotatable bonds is 3. The van der Waals surface area contributed by atoms with Gasteiger partial charge in [-0.25, -0.2) is 0 Å². The molecule has 2 nitrogen and oxygen atoms in total. The van der Waals surface area contributed by atoms with Gasteiger partial charge in [0.25, 0.3) is 0 Å². The summed E-state index contributed by atoms with van der Waals surface area (Å²) in [6.07, 6.45) is 8.04. The molecule has 0 radical (unpaired) electrons. The summed E-state index contributed by atoms with van der Waals surface area (Å²) in [6, 6.07) is 11.6. The zero-order valence-corrected chi connectivity index (χ0v) is 12.8. The zero-order valence-electron chi connectivity index (χ0n) is 12.8. The fourth-order valence-corrected chi connectivity index (χ4v) is 4.01. The van der Waals surface area contributed by atoms with E-state index in [2.05, 4.69) is 47.5 Å². The molecule has 20 heavy (non-hydrogen) atoms. The molecule has 110 valence electrons. The van der Waals surface area contributed by atoms with Crippen molar-refractivity contribution in [2.45, 2.75) is 57.0 Å². The number of nitrogens with one attached hydrogen (secondary N) is 1. The molecule has 2 fully saturated rings. The van der Waals surface area contributed by atoms with Gasteiger partial charge >= 0.3 is 0 Å². The molecular formula is C18H28N2. The maximum atomic E-state index is 3.86. The van der Waals surface area contributed by atoms with Crippen LogP contribution in [0.5, 0.6) is 0 Å². The first kappa shape index (κ1) is 14.1. The molecule has 1 aromatic carbocycles. The summed E-state index contributed by atoms with van der Waals surface area (Å²) in [5.41, 5.74) is 1.90. The van der Waals surface area contributed by atoms with Crippen LogP contribution in [-0.2, 0) is 6.42 Å². The zero-order chi connectivity index (χ0) is 13.8. The van der Waals surface area contributed by atoms with Crippen LogP contribution in [-0.4, -0.2) is 36.1 Å². The lowest BCUT2D eigenvalue weighted by atomic mass is 9.96. The third-order valence-corrected chi connectivity index (χ3v) is 5.19. The third-order valence-electron chi connectivity index (χ3n) is 5.19. The van der Waals surface area contributed by atoms with Crippen molar-refractivity contribution in [3.8, 4) is 0 Å². The molecule has 1 saturated carbocycles. The Bertz CT molecular complexity index is 409. The Balaban J connectivity index is 1.65. The second kappa shape index (κ2) is 6.28. The normalized spacial score (nSPS) is 24.6. The quantitative estimate of drug-likeness (QED) is 0.909. The number of benzene rings is 1. The van der Waals surface area contributed by atoms with E-state index >= 15 is 0 Å². The van der Waals surface area contributed by atoms with Crippen LogP contribution >= 0.6 is 0 Å². The average Bonchev–Trinajstić information content (AvgIpc) is 2.80. The Morgan fingerprint density at radius 1 is 1.15 bits per heavy atom. The van der Waals surface area contributed by atoms with Gasteiger partial charge in [0.2, 0.25) is 0 Å². The van der Waals surface area contributed by atoms with Crippen molar-refractivity contribution in [2.24, 2.45) is 0 Å². The molecule has 1 spiro atoms.